The Kier molecular flexibility index (Phi) is 5.94. The first-order chi connectivity index (χ1) is 9.72. The van der Waals surface area contributed by atoms with E-state index in [1.165, 1.54) is 6.92 Å². The minimum Gasteiger partial charge on any atom is -0.354 e. The Balaban J connectivity index is 2.98. The van der Waals surface area contributed by atoms with E-state index in [1.807, 2.05) is 46.8 Å². The molecule has 0 saturated carbocycles. The van der Waals surface area contributed by atoms with E-state index < -0.39 is 0 Å². The molecule has 1 aromatic carbocycles. The van der Waals surface area contributed by atoms with Crippen LogP contribution in [-0.4, -0.2) is 24.9 Å². The van der Waals surface area contributed by atoms with Crippen molar-refractivity contribution >= 4 is 17.5 Å². The Labute approximate surface area is 127 Å². The molecule has 0 fully saturated rings. The molecule has 0 aliphatic heterocycles. The van der Waals surface area contributed by atoms with Gasteiger partial charge in [0, 0.05) is 13.5 Å². The van der Waals surface area contributed by atoms with Crippen LogP contribution in [0.2, 0.25) is 0 Å². The maximum atomic E-state index is 12.0. The van der Waals surface area contributed by atoms with E-state index >= 15 is 0 Å². The van der Waals surface area contributed by atoms with Crippen LogP contribution in [0.4, 0.5) is 5.69 Å². The number of hydrogen-bond acceptors (Lipinski definition) is 2. The molecular formula is C17H26N2O2. The van der Waals surface area contributed by atoms with Crippen LogP contribution in [-0.2, 0) is 9.59 Å². The SMILES string of the molecule is CC(=O)N(CC(=O)NCC(C)C)c1c(C)cc(C)cc1C. The average Bonchev–Trinajstić information content (AvgIpc) is 2.33. The summed E-state index contributed by atoms with van der Waals surface area (Å²) in [5.41, 5.74) is 4.02. The summed E-state index contributed by atoms with van der Waals surface area (Å²) < 4.78 is 0. The molecule has 0 aliphatic carbocycles. The minimum absolute atomic E-state index is 0.0623. The van der Waals surface area contributed by atoms with Gasteiger partial charge in [-0.2, -0.15) is 0 Å². The number of benzene rings is 1. The predicted octanol–water partition coefficient (Wildman–Crippen LogP) is 2.74. The molecule has 0 heterocycles. The predicted molar refractivity (Wildman–Crippen MR) is 86.5 cm³/mol. The maximum absolute atomic E-state index is 12.0. The van der Waals surface area contributed by atoms with Gasteiger partial charge >= 0.3 is 0 Å². The van der Waals surface area contributed by atoms with Crippen LogP contribution in [0.3, 0.4) is 0 Å². The number of amides is 2. The second-order valence-corrected chi connectivity index (χ2v) is 6.05. The first kappa shape index (κ1) is 17.2. The number of hydrogen-bond donors (Lipinski definition) is 1. The third-order valence-electron chi connectivity index (χ3n) is 3.29. The van der Waals surface area contributed by atoms with Gasteiger partial charge in [0.25, 0.3) is 0 Å². The molecule has 0 bridgehead atoms. The summed E-state index contributed by atoms with van der Waals surface area (Å²) in [7, 11) is 0. The number of nitrogens with one attached hydrogen (secondary N) is 1. The number of aryl methyl sites for hydroxylation is 3. The molecule has 0 atom stereocenters. The lowest BCUT2D eigenvalue weighted by atomic mass is 10.0. The van der Waals surface area contributed by atoms with E-state index in [2.05, 4.69) is 5.32 Å². The van der Waals surface area contributed by atoms with Crippen molar-refractivity contribution in [2.45, 2.75) is 41.5 Å². The van der Waals surface area contributed by atoms with Crippen molar-refractivity contribution in [1.82, 2.24) is 5.32 Å². The molecule has 0 unspecified atom stereocenters. The van der Waals surface area contributed by atoms with Gasteiger partial charge in [-0.05, 0) is 37.8 Å². The summed E-state index contributed by atoms with van der Waals surface area (Å²) >= 11 is 0. The summed E-state index contributed by atoms with van der Waals surface area (Å²) in [4.78, 5) is 25.5. The second kappa shape index (κ2) is 7.25. The zero-order valence-electron chi connectivity index (χ0n) is 13.9. The number of carbonyl (C=O) groups is 2. The third kappa shape index (κ3) is 4.88. The van der Waals surface area contributed by atoms with Crippen LogP contribution in [0.15, 0.2) is 12.1 Å². The lowest BCUT2D eigenvalue weighted by Gasteiger charge is -2.25. The molecule has 1 rings (SSSR count). The highest BCUT2D eigenvalue weighted by Gasteiger charge is 2.19. The number of carbonyl (C=O) groups excluding carboxylic acids is 2. The lowest BCUT2D eigenvalue weighted by Crippen LogP contribution is -2.41. The standard InChI is InChI=1S/C17H26N2O2/c1-11(2)9-18-16(21)10-19(15(6)20)17-13(4)7-12(3)8-14(17)5/h7-8,11H,9-10H2,1-6H3,(H,18,21). The van der Waals surface area contributed by atoms with Gasteiger partial charge in [-0.15, -0.1) is 0 Å². The van der Waals surface area contributed by atoms with Crippen molar-refractivity contribution in [3.8, 4) is 0 Å². The lowest BCUT2D eigenvalue weighted by molar-refractivity contribution is -0.123. The zero-order chi connectivity index (χ0) is 16.2. The summed E-state index contributed by atoms with van der Waals surface area (Å²) in [5, 5.41) is 2.85. The molecule has 1 aromatic rings. The highest BCUT2D eigenvalue weighted by Crippen LogP contribution is 2.26. The molecule has 0 radical (unpaired) electrons. The van der Waals surface area contributed by atoms with Gasteiger partial charge in [0.05, 0.1) is 5.69 Å². The van der Waals surface area contributed by atoms with E-state index in [9.17, 15) is 9.59 Å². The van der Waals surface area contributed by atoms with Crippen molar-refractivity contribution < 1.29 is 9.59 Å². The van der Waals surface area contributed by atoms with Crippen molar-refractivity contribution in [2.75, 3.05) is 18.0 Å². The van der Waals surface area contributed by atoms with Crippen LogP contribution in [0.5, 0.6) is 0 Å². The van der Waals surface area contributed by atoms with Gasteiger partial charge in [0.15, 0.2) is 0 Å². The molecule has 4 heteroatoms. The Hall–Kier alpha value is -1.84. The van der Waals surface area contributed by atoms with Crippen molar-refractivity contribution in [2.24, 2.45) is 5.92 Å². The van der Waals surface area contributed by atoms with Gasteiger partial charge in [0.1, 0.15) is 6.54 Å². The average molecular weight is 290 g/mol. The Bertz CT molecular complexity index is 513. The van der Waals surface area contributed by atoms with Gasteiger partial charge in [0.2, 0.25) is 11.8 Å². The van der Waals surface area contributed by atoms with Crippen LogP contribution >= 0.6 is 0 Å². The Morgan fingerprint density at radius 1 is 1.14 bits per heavy atom. The quantitative estimate of drug-likeness (QED) is 0.906. The smallest absolute Gasteiger partial charge is 0.240 e. The molecule has 1 N–H and O–H groups in total. The van der Waals surface area contributed by atoms with Crippen molar-refractivity contribution in [3.05, 3.63) is 28.8 Å². The third-order valence-corrected chi connectivity index (χ3v) is 3.29. The van der Waals surface area contributed by atoms with Crippen molar-refractivity contribution in [1.29, 1.82) is 0 Å². The first-order valence-electron chi connectivity index (χ1n) is 7.35. The Morgan fingerprint density at radius 3 is 2.10 bits per heavy atom. The molecule has 0 aromatic heterocycles. The van der Waals surface area contributed by atoms with Gasteiger partial charge in [-0.1, -0.05) is 31.5 Å². The minimum atomic E-state index is -0.127. The summed E-state index contributed by atoms with van der Waals surface area (Å²) in [6, 6.07) is 4.06. The van der Waals surface area contributed by atoms with E-state index in [-0.39, 0.29) is 18.4 Å². The molecule has 0 spiro atoms. The normalized spacial score (nSPS) is 10.6. The highest BCUT2D eigenvalue weighted by atomic mass is 16.2. The van der Waals surface area contributed by atoms with Crippen LogP contribution < -0.4 is 10.2 Å². The van der Waals surface area contributed by atoms with Gasteiger partial charge in [-0.25, -0.2) is 0 Å². The van der Waals surface area contributed by atoms with E-state index in [4.69, 9.17) is 0 Å². The van der Waals surface area contributed by atoms with Crippen molar-refractivity contribution in [3.63, 3.8) is 0 Å². The van der Waals surface area contributed by atoms with Crippen LogP contribution in [0.1, 0.15) is 37.5 Å². The van der Waals surface area contributed by atoms with E-state index in [0.29, 0.717) is 12.5 Å². The number of anilines is 1. The maximum Gasteiger partial charge on any atom is 0.240 e. The molecule has 2 amide bonds. The second-order valence-electron chi connectivity index (χ2n) is 6.05. The molecular weight excluding hydrogens is 264 g/mol. The fourth-order valence-corrected chi connectivity index (χ4v) is 2.46. The number of rotatable bonds is 5. The molecule has 21 heavy (non-hydrogen) atoms. The highest BCUT2D eigenvalue weighted by molar-refractivity contribution is 5.98. The molecule has 4 nitrogen and oxygen atoms in total. The summed E-state index contributed by atoms with van der Waals surface area (Å²) in [6.45, 7) is 12.2. The van der Waals surface area contributed by atoms with Crippen LogP contribution in [0.25, 0.3) is 0 Å². The monoisotopic (exact) mass is 290 g/mol. The largest absolute Gasteiger partial charge is 0.354 e. The van der Waals surface area contributed by atoms with Gasteiger partial charge < -0.3 is 10.2 Å². The fourth-order valence-electron chi connectivity index (χ4n) is 2.46. The fraction of sp³-hybridized carbons (Fsp3) is 0.529. The zero-order valence-corrected chi connectivity index (χ0v) is 13.9. The first-order valence-corrected chi connectivity index (χ1v) is 7.35. The Morgan fingerprint density at radius 2 is 1.67 bits per heavy atom. The van der Waals surface area contributed by atoms with E-state index in [0.717, 1.165) is 22.4 Å². The molecule has 0 saturated heterocycles. The molecule has 116 valence electrons. The summed E-state index contributed by atoms with van der Waals surface area (Å²) in [6.07, 6.45) is 0. The number of nitrogens with zero attached hydrogens (tertiary/aromatic N) is 1. The van der Waals surface area contributed by atoms with Crippen LogP contribution in [0, 0.1) is 26.7 Å². The van der Waals surface area contributed by atoms with Gasteiger partial charge in [-0.3, -0.25) is 9.59 Å². The summed E-state index contributed by atoms with van der Waals surface area (Å²) in [5.74, 6) is 0.144. The topological polar surface area (TPSA) is 49.4 Å². The van der Waals surface area contributed by atoms with E-state index in [1.54, 1.807) is 4.90 Å². The molecule has 0 aliphatic rings.